The van der Waals surface area contributed by atoms with Crippen LogP contribution in [0, 0.1) is 17.8 Å². The fraction of sp³-hybridized carbons (Fsp3) is 0.420. The second-order valence-corrected chi connectivity index (χ2v) is 16.3. The van der Waals surface area contributed by atoms with Crippen molar-refractivity contribution < 1.29 is 24.5 Å². The Hall–Kier alpha value is -5.09. The molecule has 0 bridgehead atoms. The number of aromatic nitrogens is 1. The zero-order valence-electron chi connectivity index (χ0n) is 34.8. The molecule has 312 valence electrons. The van der Waals surface area contributed by atoms with Gasteiger partial charge in [-0.3, -0.25) is 9.59 Å². The number of ketones is 2. The zero-order chi connectivity index (χ0) is 41.6. The third-order valence-corrected chi connectivity index (χ3v) is 12.3. The maximum atomic E-state index is 13.3. The number of Topliss-reactive ketones (excluding diaryl/α,β-unsaturated/α-hetero) is 1. The van der Waals surface area contributed by atoms with E-state index < -0.39 is 6.61 Å². The van der Waals surface area contributed by atoms with Gasteiger partial charge in [-0.2, -0.15) is 0 Å². The third-order valence-electron chi connectivity index (χ3n) is 12.3. The van der Waals surface area contributed by atoms with E-state index in [0.29, 0.717) is 59.2 Å². The van der Waals surface area contributed by atoms with Gasteiger partial charge in [0.15, 0.2) is 17.3 Å². The number of aromatic hydroxyl groups is 1. The first-order chi connectivity index (χ1) is 28.7. The Labute approximate surface area is 350 Å². The highest BCUT2D eigenvalue weighted by molar-refractivity contribution is 6.07. The van der Waals surface area contributed by atoms with Gasteiger partial charge in [-0.15, -0.1) is 0 Å². The molecule has 9 heteroatoms. The summed E-state index contributed by atoms with van der Waals surface area (Å²) in [7, 11) is 3.50. The number of nitrogens with two attached hydrogens (primary N) is 1. The number of aliphatic hydroxyl groups excluding tert-OH is 1. The molecule has 1 saturated heterocycles. The van der Waals surface area contributed by atoms with Crippen LogP contribution in [0.15, 0.2) is 97.2 Å². The number of piperidine rings is 1. The summed E-state index contributed by atoms with van der Waals surface area (Å²) >= 11 is 0. The van der Waals surface area contributed by atoms with Crippen molar-refractivity contribution in [2.75, 3.05) is 39.6 Å². The van der Waals surface area contributed by atoms with Gasteiger partial charge in [-0.05, 0) is 152 Å². The van der Waals surface area contributed by atoms with Gasteiger partial charge < -0.3 is 31.3 Å². The van der Waals surface area contributed by atoms with E-state index in [1.165, 1.54) is 36.3 Å². The Morgan fingerprint density at radius 2 is 1.68 bits per heavy atom. The Balaban J connectivity index is 1.07. The highest BCUT2D eigenvalue weighted by atomic mass is 16.5. The van der Waals surface area contributed by atoms with Gasteiger partial charge >= 0.3 is 0 Å². The number of likely N-dealkylation sites (N-methyl/N-ethyl adjacent to an activating group) is 1. The van der Waals surface area contributed by atoms with Gasteiger partial charge in [0.05, 0.1) is 20.1 Å². The molecular weight excluding hydrogens is 737 g/mol. The molecule has 1 aliphatic carbocycles. The average molecular weight is 799 g/mol. The number of carbonyl (C=O) groups excluding carboxylic acids is 2. The highest BCUT2D eigenvalue weighted by Gasteiger charge is 2.36. The van der Waals surface area contributed by atoms with Crippen molar-refractivity contribution in [2.24, 2.45) is 17.8 Å². The summed E-state index contributed by atoms with van der Waals surface area (Å²) in [5.41, 5.74) is 13.6. The molecule has 9 nitrogen and oxygen atoms in total. The first-order valence-electron chi connectivity index (χ1n) is 21.4. The topological polar surface area (TPSA) is 147 Å². The minimum absolute atomic E-state index is 0.0562. The third kappa shape index (κ3) is 12.2. The van der Waals surface area contributed by atoms with Crippen molar-refractivity contribution in [3.63, 3.8) is 0 Å². The molecule has 0 unspecified atom stereocenters. The number of ether oxygens (including phenoxy) is 1. The lowest BCUT2D eigenvalue weighted by atomic mass is 9.68. The van der Waals surface area contributed by atoms with Gasteiger partial charge in [0.2, 0.25) is 0 Å². The van der Waals surface area contributed by atoms with E-state index in [9.17, 15) is 19.8 Å². The van der Waals surface area contributed by atoms with E-state index in [1.807, 2.05) is 19.2 Å². The molecule has 2 heterocycles. The number of aryl methyl sites for hydroxylation is 4. The van der Waals surface area contributed by atoms with Gasteiger partial charge in [0.1, 0.15) is 11.6 Å². The van der Waals surface area contributed by atoms with Crippen LogP contribution in [0.3, 0.4) is 0 Å². The number of fused-ring (bicyclic) bond motifs is 1. The first-order valence-corrected chi connectivity index (χ1v) is 21.4. The maximum Gasteiger partial charge on any atom is 0.163 e. The lowest BCUT2D eigenvalue weighted by molar-refractivity contribution is -0.124. The number of pyridine rings is 1. The van der Waals surface area contributed by atoms with Crippen LogP contribution in [-0.4, -0.2) is 66.7 Å². The van der Waals surface area contributed by atoms with Crippen molar-refractivity contribution in [1.29, 1.82) is 0 Å². The number of anilines is 1. The Morgan fingerprint density at radius 3 is 2.44 bits per heavy atom. The number of methoxy groups -OCH3 is 1. The lowest BCUT2D eigenvalue weighted by Crippen LogP contribution is -2.47. The zero-order valence-corrected chi connectivity index (χ0v) is 34.8. The van der Waals surface area contributed by atoms with Crippen molar-refractivity contribution in [3.8, 4) is 11.5 Å². The number of hydrogen-bond acceptors (Lipinski definition) is 9. The molecule has 6 rings (SSSR count). The van der Waals surface area contributed by atoms with Crippen molar-refractivity contribution in [2.45, 2.75) is 83.1 Å². The average Bonchev–Trinajstić information content (AvgIpc) is 3.25. The summed E-state index contributed by atoms with van der Waals surface area (Å²) in [4.78, 5) is 30.7. The lowest BCUT2D eigenvalue weighted by Gasteiger charge is -2.42. The number of carbonyl (C=O) groups is 2. The number of unbranched alkanes of at least 4 members (excludes halogenated alkanes) is 2. The molecule has 4 atom stereocenters. The number of rotatable bonds is 21. The number of benzene rings is 3. The summed E-state index contributed by atoms with van der Waals surface area (Å²) in [5, 5.41) is 28.5. The SMILES string of the molecule is CN[C@@H]1C=C[C@H]2CNCC[C@H]2[C@@H]1CCCCCC(=O)CC(=O)C=C(CO)c1cc(OC)c(O)cc1Cc1cnc(N)cc1CCc1cccc(CCc2ccccc2)c1. The number of nitrogens with one attached hydrogen (secondary N) is 2. The van der Waals surface area contributed by atoms with Crippen LogP contribution in [0.2, 0.25) is 0 Å². The summed E-state index contributed by atoms with van der Waals surface area (Å²) in [6, 6.07) is 24.7. The Kier molecular flexibility index (Phi) is 16.1. The largest absolute Gasteiger partial charge is 0.504 e. The predicted octanol–water partition coefficient (Wildman–Crippen LogP) is 7.39. The molecule has 1 aromatic heterocycles. The smallest absolute Gasteiger partial charge is 0.163 e. The molecule has 2 aliphatic rings. The number of hydrogen-bond donors (Lipinski definition) is 5. The van der Waals surface area contributed by atoms with Crippen LogP contribution in [0.25, 0.3) is 5.57 Å². The number of aliphatic hydroxyl groups is 1. The van der Waals surface area contributed by atoms with Gasteiger partial charge in [0.25, 0.3) is 0 Å². The molecule has 4 aromatic rings. The highest BCUT2D eigenvalue weighted by Crippen LogP contribution is 2.38. The number of phenols is 1. The monoisotopic (exact) mass is 798 g/mol. The van der Waals surface area contributed by atoms with E-state index >= 15 is 0 Å². The first kappa shape index (κ1) is 43.5. The standard InChI is InChI=1S/C50H62N4O5/c1-52-47-21-20-38-31-53-23-22-44(38)45(47)15-8-4-7-14-42(56)29-43(57)26-41(33-55)46-30-49(59-2)48(58)27-39(46)25-40-32-54-50(51)28-37(40)19-18-36-13-9-12-35(24-36)17-16-34-10-5-3-6-11-34/h3,5-6,9-13,20-21,24,26-28,30,32,38,44-45,47,52-53,55,58H,4,7-8,14-19,22-23,25,29,31,33H2,1-2H3,(H2,51,54)/t38-,44+,45-,47+/m0/s1. The minimum Gasteiger partial charge on any atom is -0.504 e. The van der Waals surface area contributed by atoms with Crippen LogP contribution in [0.5, 0.6) is 11.5 Å². The van der Waals surface area contributed by atoms with E-state index in [1.54, 1.807) is 18.3 Å². The number of nitrogen functional groups attached to an aromatic ring is 1. The van der Waals surface area contributed by atoms with Gasteiger partial charge in [0, 0.05) is 25.2 Å². The van der Waals surface area contributed by atoms with Gasteiger partial charge in [-0.1, -0.05) is 79.6 Å². The molecule has 59 heavy (non-hydrogen) atoms. The van der Waals surface area contributed by atoms with E-state index in [-0.39, 0.29) is 29.5 Å². The molecule has 6 N–H and O–H groups in total. The van der Waals surface area contributed by atoms with Crippen LogP contribution in [0.1, 0.15) is 83.9 Å². The number of allylic oxidation sites excluding steroid dienone is 1. The summed E-state index contributed by atoms with van der Waals surface area (Å²) in [6.45, 7) is 1.69. The van der Waals surface area contributed by atoms with Crippen LogP contribution in [-0.2, 0) is 41.7 Å². The molecule has 0 spiro atoms. The Morgan fingerprint density at radius 1 is 0.915 bits per heavy atom. The normalized spacial score (nSPS) is 19.0. The van der Waals surface area contributed by atoms with E-state index in [4.69, 9.17) is 10.5 Å². The summed E-state index contributed by atoms with van der Waals surface area (Å²) in [6.07, 6.45) is 16.9. The molecular formula is C50H62N4O5. The second-order valence-electron chi connectivity index (χ2n) is 16.3. The molecule has 1 fully saturated rings. The van der Waals surface area contributed by atoms with Crippen molar-refractivity contribution in [1.82, 2.24) is 15.6 Å². The second kappa shape index (κ2) is 21.8. The quantitative estimate of drug-likeness (QED) is 0.0252. The van der Waals surface area contributed by atoms with Gasteiger partial charge in [-0.25, -0.2) is 4.98 Å². The van der Waals surface area contributed by atoms with Crippen LogP contribution >= 0.6 is 0 Å². The minimum atomic E-state index is -0.434. The Bertz CT molecular complexity index is 2080. The van der Waals surface area contributed by atoms with E-state index in [2.05, 4.69) is 76.3 Å². The predicted molar refractivity (Wildman–Crippen MR) is 237 cm³/mol. The van der Waals surface area contributed by atoms with Crippen molar-refractivity contribution in [3.05, 3.63) is 136 Å². The fourth-order valence-electron chi connectivity index (χ4n) is 9.15. The number of phenolic OH excluding ortho intramolecular Hbond substituents is 1. The van der Waals surface area contributed by atoms with Crippen molar-refractivity contribution >= 4 is 23.0 Å². The molecule has 3 aromatic carbocycles. The summed E-state index contributed by atoms with van der Waals surface area (Å²) in [5.74, 6) is 2.01. The van der Waals surface area contributed by atoms with Crippen LogP contribution in [0.4, 0.5) is 5.82 Å². The molecule has 0 radical (unpaired) electrons. The molecule has 1 aliphatic heterocycles. The fourth-order valence-corrected chi connectivity index (χ4v) is 9.15. The number of nitrogens with zero attached hydrogens (tertiary/aromatic N) is 1. The van der Waals surface area contributed by atoms with Crippen LogP contribution < -0.4 is 21.1 Å². The summed E-state index contributed by atoms with van der Waals surface area (Å²) < 4.78 is 5.44. The molecule has 0 saturated carbocycles. The maximum absolute atomic E-state index is 13.3. The van der Waals surface area contributed by atoms with E-state index in [0.717, 1.165) is 75.6 Å². The molecule has 0 amide bonds.